The third-order valence-electron chi connectivity index (χ3n) is 2.80. The number of fused-ring (bicyclic) bond motifs is 1. The highest BCUT2D eigenvalue weighted by atomic mass is 32.2. The zero-order chi connectivity index (χ0) is 17.4. The third-order valence-corrected chi connectivity index (χ3v) is 3.78. The van der Waals surface area contributed by atoms with Gasteiger partial charge in [-0.05, 0) is 32.0 Å². The van der Waals surface area contributed by atoms with Crippen molar-refractivity contribution in [1.29, 1.82) is 0 Å². The molecule has 0 aliphatic carbocycles. The van der Waals surface area contributed by atoms with Crippen molar-refractivity contribution in [2.75, 3.05) is 6.61 Å². The van der Waals surface area contributed by atoms with Crippen LogP contribution in [0.2, 0.25) is 0 Å². The molecule has 0 fully saturated rings. The van der Waals surface area contributed by atoms with Crippen molar-refractivity contribution >= 4 is 27.1 Å². The highest BCUT2D eigenvalue weighted by Crippen LogP contribution is 2.32. The van der Waals surface area contributed by atoms with Gasteiger partial charge in [-0.1, -0.05) is 0 Å². The summed E-state index contributed by atoms with van der Waals surface area (Å²) in [6.45, 7) is 3.14. The van der Waals surface area contributed by atoms with Crippen molar-refractivity contribution in [3.05, 3.63) is 29.5 Å². The third kappa shape index (κ3) is 3.26. The molecule has 0 spiro atoms. The average Bonchev–Trinajstić information content (AvgIpc) is 2.72. The quantitative estimate of drug-likeness (QED) is 0.478. The van der Waals surface area contributed by atoms with E-state index < -0.39 is 27.3 Å². The number of carbonyl (C=O) groups is 1. The second kappa shape index (κ2) is 5.76. The molecule has 6 nitrogen and oxygen atoms in total. The second-order valence-electron chi connectivity index (χ2n) is 4.39. The van der Waals surface area contributed by atoms with Crippen molar-refractivity contribution in [3.8, 4) is 5.75 Å². The summed E-state index contributed by atoms with van der Waals surface area (Å²) in [6, 6.07) is 3.16. The molecule has 126 valence electrons. The SMILES string of the molecule is CCOC(=O)c1c(C)oc2ccc(OS(=O)(=O)C(F)(F)F)cc12. The molecule has 23 heavy (non-hydrogen) atoms. The predicted molar refractivity (Wildman–Crippen MR) is 72.5 cm³/mol. The normalized spacial score (nSPS) is 12.4. The van der Waals surface area contributed by atoms with Crippen molar-refractivity contribution in [2.24, 2.45) is 0 Å². The Labute approximate surface area is 128 Å². The molecular weight excluding hydrogens is 341 g/mol. The molecule has 0 saturated carbocycles. The van der Waals surface area contributed by atoms with Gasteiger partial charge in [0.05, 0.1) is 6.61 Å². The van der Waals surface area contributed by atoms with Crippen LogP contribution in [0.5, 0.6) is 5.75 Å². The van der Waals surface area contributed by atoms with Gasteiger partial charge in [-0.25, -0.2) is 4.79 Å². The van der Waals surface area contributed by atoms with Crippen LogP contribution in [0.4, 0.5) is 13.2 Å². The van der Waals surface area contributed by atoms with E-state index in [0.717, 1.165) is 12.1 Å². The summed E-state index contributed by atoms with van der Waals surface area (Å²) in [5.74, 6) is -1.14. The Kier molecular flexibility index (Phi) is 4.29. The minimum atomic E-state index is -5.80. The maximum Gasteiger partial charge on any atom is 0.534 e. The molecule has 10 heteroatoms. The Bertz CT molecular complexity index is 850. The van der Waals surface area contributed by atoms with Crippen LogP contribution in [-0.2, 0) is 14.9 Å². The molecule has 1 heterocycles. The summed E-state index contributed by atoms with van der Waals surface area (Å²) in [5, 5.41) is 0.0934. The minimum Gasteiger partial charge on any atom is -0.462 e. The van der Waals surface area contributed by atoms with E-state index >= 15 is 0 Å². The largest absolute Gasteiger partial charge is 0.534 e. The van der Waals surface area contributed by atoms with Crippen molar-refractivity contribution in [1.82, 2.24) is 0 Å². The molecule has 0 aliphatic rings. The first-order valence-corrected chi connectivity index (χ1v) is 7.68. The molecule has 0 atom stereocenters. The molecule has 0 saturated heterocycles. The fraction of sp³-hybridized carbons (Fsp3) is 0.308. The van der Waals surface area contributed by atoms with Crippen LogP contribution in [0.15, 0.2) is 22.6 Å². The number of rotatable bonds is 4. The number of esters is 1. The number of benzene rings is 1. The topological polar surface area (TPSA) is 82.8 Å². The van der Waals surface area contributed by atoms with E-state index in [9.17, 15) is 26.4 Å². The lowest BCUT2D eigenvalue weighted by Crippen LogP contribution is -2.28. The second-order valence-corrected chi connectivity index (χ2v) is 5.93. The molecule has 2 aromatic rings. The van der Waals surface area contributed by atoms with Crippen molar-refractivity contribution < 1.29 is 39.7 Å². The molecule has 0 bridgehead atoms. The van der Waals surface area contributed by atoms with Gasteiger partial charge in [-0.2, -0.15) is 21.6 Å². The fourth-order valence-electron chi connectivity index (χ4n) is 1.88. The fourth-order valence-corrected chi connectivity index (χ4v) is 2.33. The van der Waals surface area contributed by atoms with E-state index in [0.29, 0.717) is 0 Å². The molecule has 0 N–H and O–H groups in total. The van der Waals surface area contributed by atoms with Crippen LogP contribution < -0.4 is 4.18 Å². The van der Waals surface area contributed by atoms with E-state index in [2.05, 4.69) is 4.18 Å². The van der Waals surface area contributed by atoms with Gasteiger partial charge in [0.15, 0.2) is 0 Å². The standard InChI is InChI=1S/C13H11F3O6S/c1-3-20-12(17)11-7(2)21-10-5-4-8(6-9(10)11)22-23(18,19)13(14,15)16/h4-6H,3H2,1-2H3. The molecule has 2 rings (SSSR count). The zero-order valence-electron chi connectivity index (χ0n) is 11.9. The molecule has 0 radical (unpaired) electrons. The van der Waals surface area contributed by atoms with Gasteiger partial charge in [0.25, 0.3) is 0 Å². The number of carbonyl (C=O) groups excluding carboxylic acids is 1. The van der Waals surface area contributed by atoms with Gasteiger partial charge in [0.2, 0.25) is 0 Å². The molecule has 0 unspecified atom stereocenters. The van der Waals surface area contributed by atoms with Crippen molar-refractivity contribution in [3.63, 3.8) is 0 Å². The van der Waals surface area contributed by atoms with Gasteiger partial charge in [0.1, 0.15) is 22.7 Å². The Morgan fingerprint density at radius 2 is 1.96 bits per heavy atom. The van der Waals surface area contributed by atoms with E-state index in [1.54, 1.807) is 6.92 Å². The first-order valence-electron chi connectivity index (χ1n) is 6.28. The Balaban J connectivity index is 2.50. The summed E-state index contributed by atoms with van der Waals surface area (Å²) >= 11 is 0. The summed E-state index contributed by atoms with van der Waals surface area (Å²) in [4.78, 5) is 11.9. The summed E-state index contributed by atoms with van der Waals surface area (Å²) in [5.41, 5.74) is -5.38. The first kappa shape index (κ1) is 17.1. The Morgan fingerprint density at radius 1 is 1.30 bits per heavy atom. The number of halogens is 3. The monoisotopic (exact) mass is 352 g/mol. The van der Waals surface area contributed by atoms with Crippen LogP contribution in [0.3, 0.4) is 0 Å². The maximum absolute atomic E-state index is 12.3. The van der Waals surface area contributed by atoms with Crippen LogP contribution in [0.25, 0.3) is 11.0 Å². The number of alkyl halides is 3. The lowest BCUT2D eigenvalue weighted by atomic mass is 10.1. The lowest BCUT2D eigenvalue weighted by molar-refractivity contribution is -0.0500. The number of furan rings is 1. The molecule has 0 aliphatic heterocycles. The highest BCUT2D eigenvalue weighted by Gasteiger charge is 2.48. The van der Waals surface area contributed by atoms with Gasteiger partial charge in [-0.3, -0.25) is 0 Å². The van der Waals surface area contributed by atoms with Crippen LogP contribution in [0.1, 0.15) is 23.0 Å². The summed E-state index contributed by atoms with van der Waals surface area (Å²) < 4.78 is 73.2. The predicted octanol–water partition coefficient (Wildman–Crippen LogP) is 3.15. The highest BCUT2D eigenvalue weighted by molar-refractivity contribution is 7.88. The number of ether oxygens (including phenoxy) is 1. The summed E-state index contributed by atoms with van der Waals surface area (Å²) in [6.07, 6.45) is 0. The van der Waals surface area contributed by atoms with Gasteiger partial charge >= 0.3 is 21.6 Å². The van der Waals surface area contributed by atoms with E-state index in [1.807, 2.05) is 0 Å². The smallest absolute Gasteiger partial charge is 0.462 e. The van der Waals surface area contributed by atoms with Crippen molar-refractivity contribution in [2.45, 2.75) is 19.4 Å². The minimum absolute atomic E-state index is 0.00305. The molecular formula is C13H11F3O6S. The van der Waals surface area contributed by atoms with Gasteiger partial charge in [-0.15, -0.1) is 0 Å². The maximum atomic E-state index is 12.3. The Morgan fingerprint density at radius 3 is 2.52 bits per heavy atom. The summed E-state index contributed by atoms with van der Waals surface area (Å²) in [7, 11) is -5.80. The molecule has 1 aromatic heterocycles. The molecule has 0 amide bonds. The Hall–Kier alpha value is -2.23. The zero-order valence-corrected chi connectivity index (χ0v) is 12.7. The van der Waals surface area contributed by atoms with Gasteiger partial charge in [0, 0.05) is 5.39 Å². The average molecular weight is 352 g/mol. The number of hydrogen-bond acceptors (Lipinski definition) is 6. The lowest BCUT2D eigenvalue weighted by Gasteiger charge is -2.09. The number of aryl methyl sites for hydroxylation is 1. The molecule has 1 aromatic carbocycles. The van der Waals surface area contributed by atoms with Crippen LogP contribution >= 0.6 is 0 Å². The first-order chi connectivity index (χ1) is 10.6. The van der Waals surface area contributed by atoms with E-state index in [1.165, 1.54) is 13.0 Å². The van der Waals surface area contributed by atoms with E-state index in [-0.39, 0.29) is 28.9 Å². The van der Waals surface area contributed by atoms with Crippen LogP contribution in [0, 0.1) is 6.92 Å². The van der Waals surface area contributed by atoms with Gasteiger partial charge < -0.3 is 13.3 Å². The number of hydrogen-bond donors (Lipinski definition) is 0. The van der Waals surface area contributed by atoms with E-state index in [4.69, 9.17) is 9.15 Å². The van der Waals surface area contributed by atoms with Crippen LogP contribution in [-0.4, -0.2) is 26.5 Å².